The van der Waals surface area contributed by atoms with E-state index in [0.717, 1.165) is 24.8 Å². The maximum Gasteiger partial charge on any atom is 0.321 e. The second-order valence-corrected chi connectivity index (χ2v) is 6.45. The Bertz CT molecular complexity index is 636. The topological polar surface area (TPSA) is 105 Å². The molecule has 0 saturated heterocycles. The molecule has 1 fully saturated rings. The Labute approximate surface area is 153 Å². The molecule has 1 aromatic rings. The average molecular weight is 362 g/mol. The summed E-state index contributed by atoms with van der Waals surface area (Å²) in [4.78, 5) is 37.1. The smallest absolute Gasteiger partial charge is 0.321 e. The standard InChI is InChI=1S/C19H26N2O5/c1-2-26-18(25)19(10-4-3-5-11-19)17(24)20-12-16(23)21-15-8-6-14(13-22)7-9-15/h6-9,22H,2-5,10-13H2,1H3,(H,20,24)(H,21,23). The highest BCUT2D eigenvalue weighted by molar-refractivity contribution is 6.04. The Morgan fingerprint density at radius 1 is 1.12 bits per heavy atom. The van der Waals surface area contributed by atoms with Gasteiger partial charge in [-0.2, -0.15) is 0 Å². The van der Waals surface area contributed by atoms with Crippen LogP contribution in [-0.4, -0.2) is 36.0 Å². The van der Waals surface area contributed by atoms with E-state index in [0.29, 0.717) is 18.5 Å². The number of nitrogens with one attached hydrogen (secondary N) is 2. The van der Waals surface area contributed by atoms with Crippen molar-refractivity contribution in [2.75, 3.05) is 18.5 Å². The number of anilines is 1. The molecule has 7 heteroatoms. The number of aliphatic hydroxyl groups is 1. The molecule has 2 amide bonds. The number of hydrogen-bond acceptors (Lipinski definition) is 5. The van der Waals surface area contributed by atoms with E-state index in [9.17, 15) is 14.4 Å². The first-order chi connectivity index (χ1) is 12.5. The van der Waals surface area contributed by atoms with Gasteiger partial charge in [0.15, 0.2) is 0 Å². The number of hydrogen-bond donors (Lipinski definition) is 3. The molecule has 3 N–H and O–H groups in total. The van der Waals surface area contributed by atoms with Gasteiger partial charge < -0.3 is 20.5 Å². The lowest BCUT2D eigenvalue weighted by atomic mass is 9.73. The molecule has 0 spiro atoms. The van der Waals surface area contributed by atoms with Crippen LogP contribution in [0.2, 0.25) is 0 Å². The van der Waals surface area contributed by atoms with E-state index in [2.05, 4.69) is 10.6 Å². The molecule has 0 atom stereocenters. The van der Waals surface area contributed by atoms with Crippen molar-refractivity contribution in [2.45, 2.75) is 45.6 Å². The fraction of sp³-hybridized carbons (Fsp3) is 0.526. The van der Waals surface area contributed by atoms with Gasteiger partial charge in [0.05, 0.1) is 19.8 Å². The SMILES string of the molecule is CCOC(=O)C1(C(=O)NCC(=O)Nc2ccc(CO)cc2)CCCCC1. The summed E-state index contributed by atoms with van der Waals surface area (Å²) in [6.07, 6.45) is 3.45. The van der Waals surface area contributed by atoms with Crippen molar-refractivity contribution < 1.29 is 24.2 Å². The summed E-state index contributed by atoms with van der Waals surface area (Å²) in [7, 11) is 0. The summed E-state index contributed by atoms with van der Waals surface area (Å²) in [5, 5.41) is 14.3. The van der Waals surface area contributed by atoms with Crippen LogP contribution in [0.1, 0.15) is 44.6 Å². The largest absolute Gasteiger partial charge is 0.465 e. The zero-order chi connectivity index (χ0) is 19.0. The van der Waals surface area contributed by atoms with Crippen LogP contribution < -0.4 is 10.6 Å². The van der Waals surface area contributed by atoms with E-state index >= 15 is 0 Å². The predicted molar refractivity (Wildman–Crippen MR) is 96.2 cm³/mol. The third-order valence-electron chi connectivity index (χ3n) is 4.64. The Hall–Kier alpha value is -2.41. The van der Waals surface area contributed by atoms with E-state index in [1.165, 1.54) is 0 Å². The summed E-state index contributed by atoms with van der Waals surface area (Å²) in [5.41, 5.74) is 0.126. The molecule has 142 valence electrons. The van der Waals surface area contributed by atoms with E-state index < -0.39 is 17.3 Å². The first-order valence-corrected chi connectivity index (χ1v) is 8.97. The minimum Gasteiger partial charge on any atom is -0.465 e. The molecular weight excluding hydrogens is 336 g/mol. The fourth-order valence-corrected chi connectivity index (χ4v) is 3.18. The highest BCUT2D eigenvalue weighted by Crippen LogP contribution is 2.37. The zero-order valence-corrected chi connectivity index (χ0v) is 15.0. The van der Waals surface area contributed by atoms with Crippen molar-refractivity contribution in [1.82, 2.24) is 5.32 Å². The molecule has 1 aromatic carbocycles. The van der Waals surface area contributed by atoms with Crippen molar-refractivity contribution in [3.8, 4) is 0 Å². The molecule has 0 radical (unpaired) electrons. The lowest BCUT2D eigenvalue weighted by molar-refractivity contribution is -0.163. The van der Waals surface area contributed by atoms with Crippen molar-refractivity contribution in [3.63, 3.8) is 0 Å². The number of benzene rings is 1. The molecule has 26 heavy (non-hydrogen) atoms. The van der Waals surface area contributed by atoms with Crippen LogP contribution in [0.4, 0.5) is 5.69 Å². The predicted octanol–water partition coefficient (Wildman–Crippen LogP) is 1.75. The number of carbonyl (C=O) groups is 3. The van der Waals surface area contributed by atoms with Crippen LogP contribution in [0, 0.1) is 5.41 Å². The van der Waals surface area contributed by atoms with Gasteiger partial charge >= 0.3 is 5.97 Å². The summed E-state index contributed by atoms with van der Waals surface area (Å²) < 4.78 is 5.11. The summed E-state index contributed by atoms with van der Waals surface area (Å²) in [6.45, 7) is 1.64. The molecule has 0 aromatic heterocycles. The first-order valence-electron chi connectivity index (χ1n) is 8.97. The molecule has 7 nitrogen and oxygen atoms in total. The minimum atomic E-state index is -1.18. The van der Waals surface area contributed by atoms with Gasteiger partial charge in [-0.1, -0.05) is 31.4 Å². The normalized spacial score (nSPS) is 15.8. The van der Waals surface area contributed by atoms with Crippen molar-refractivity contribution in [1.29, 1.82) is 0 Å². The van der Waals surface area contributed by atoms with Gasteiger partial charge in [-0.05, 0) is 37.5 Å². The molecule has 1 aliphatic carbocycles. The van der Waals surface area contributed by atoms with Crippen LogP contribution in [0.5, 0.6) is 0 Å². The van der Waals surface area contributed by atoms with Crippen molar-refractivity contribution in [2.24, 2.45) is 5.41 Å². The molecule has 1 aliphatic rings. The second kappa shape index (κ2) is 9.33. The molecular formula is C19H26N2O5. The molecule has 0 unspecified atom stereocenters. The van der Waals surface area contributed by atoms with E-state index in [4.69, 9.17) is 9.84 Å². The Morgan fingerprint density at radius 3 is 2.35 bits per heavy atom. The van der Waals surface area contributed by atoms with Gasteiger partial charge in [0.2, 0.25) is 11.8 Å². The zero-order valence-electron chi connectivity index (χ0n) is 15.0. The number of esters is 1. The third-order valence-corrected chi connectivity index (χ3v) is 4.64. The third kappa shape index (κ3) is 4.82. The van der Waals surface area contributed by atoms with Crippen LogP contribution >= 0.6 is 0 Å². The van der Waals surface area contributed by atoms with Gasteiger partial charge in [0, 0.05) is 5.69 Å². The fourth-order valence-electron chi connectivity index (χ4n) is 3.18. The van der Waals surface area contributed by atoms with Gasteiger partial charge in [-0.25, -0.2) is 0 Å². The molecule has 2 rings (SSSR count). The van der Waals surface area contributed by atoms with E-state index in [1.54, 1.807) is 31.2 Å². The highest BCUT2D eigenvalue weighted by atomic mass is 16.5. The Kier molecular flexibility index (Phi) is 7.15. The molecule has 1 saturated carbocycles. The Morgan fingerprint density at radius 2 is 1.77 bits per heavy atom. The van der Waals surface area contributed by atoms with Crippen LogP contribution in [0.15, 0.2) is 24.3 Å². The average Bonchev–Trinajstić information content (AvgIpc) is 2.67. The van der Waals surface area contributed by atoms with Crippen molar-refractivity contribution in [3.05, 3.63) is 29.8 Å². The van der Waals surface area contributed by atoms with Gasteiger partial charge in [-0.3, -0.25) is 14.4 Å². The Balaban J connectivity index is 1.93. The highest BCUT2D eigenvalue weighted by Gasteiger charge is 2.47. The summed E-state index contributed by atoms with van der Waals surface area (Å²) in [6, 6.07) is 6.75. The van der Waals surface area contributed by atoms with Gasteiger partial charge in [-0.15, -0.1) is 0 Å². The maximum atomic E-state index is 12.7. The van der Waals surface area contributed by atoms with Crippen LogP contribution in [0.3, 0.4) is 0 Å². The second-order valence-electron chi connectivity index (χ2n) is 6.45. The lowest BCUT2D eigenvalue weighted by Gasteiger charge is -2.33. The van der Waals surface area contributed by atoms with E-state index in [-0.39, 0.29) is 25.7 Å². The number of carbonyl (C=O) groups excluding carboxylic acids is 3. The van der Waals surface area contributed by atoms with Crippen molar-refractivity contribution >= 4 is 23.5 Å². The maximum absolute atomic E-state index is 12.7. The van der Waals surface area contributed by atoms with Gasteiger partial charge in [0.25, 0.3) is 0 Å². The summed E-state index contributed by atoms with van der Waals surface area (Å²) in [5.74, 6) is -1.33. The lowest BCUT2D eigenvalue weighted by Crippen LogP contribution is -2.50. The molecule has 0 aliphatic heterocycles. The molecule has 0 bridgehead atoms. The van der Waals surface area contributed by atoms with Gasteiger partial charge in [0.1, 0.15) is 5.41 Å². The number of rotatable bonds is 7. The quantitative estimate of drug-likeness (QED) is 0.506. The minimum absolute atomic E-state index is 0.0692. The summed E-state index contributed by atoms with van der Waals surface area (Å²) >= 11 is 0. The molecule has 0 heterocycles. The van der Waals surface area contributed by atoms with Crippen LogP contribution in [0.25, 0.3) is 0 Å². The first kappa shape index (κ1) is 19.9. The number of amides is 2. The van der Waals surface area contributed by atoms with Crippen LogP contribution in [-0.2, 0) is 25.7 Å². The number of aliphatic hydroxyl groups excluding tert-OH is 1. The monoisotopic (exact) mass is 362 g/mol. The number of ether oxygens (including phenoxy) is 1. The van der Waals surface area contributed by atoms with E-state index in [1.807, 2.05) is 0 Å².